The fourth-order valence-electron chi connectivity index (χ4n) is 6.05. The number of hydrogen-bond donors (Lipinski definition) is 0. The monoisotopic (exact) mass is 647 g/mol. The van der Waals surface area contributed by atoms with Crippen molar-refractivity contribution in [2.24, 2.45) is 0 Å². The summed E-state index contributed by atoms with van der Waals surface area (Å²) in [6.45, 7) is 6.85. The Labute approximate surface area is 270 Å². The first-order chi connectivity index (χ1) is 22.0. The largest absolute Gasteiger partial charge is 0.393 e. The smallest absolute Gasteiger partial charge is 0.339 e. The maximum Gasteiger partial charge on any atom is 0.393 e. The molecule has 0 bridgehead atoms. The number of Topliss-reactive ketones (excluding diaryl/α,β-unsaturated/α-hetero) is 1. The minimum atomic E-state index is -4.29. The molecule has 1 aliphatic rings. The molecule has 0 spiro atoms. The number of benzene rings is 3. The molecule has 6 nitrogen and oxygen atoms in total. The Hall–Kier alpha value is -4.31. The molecule has 0 aliphatic carbocycles. The van der Waals surface area contributed by atoms with E-state index < -0.39 is 18.6 Å². The molecule has 1 aromatic heterocycles. The van der Waals surface area contributed by atoms with Crippen molar-refractivity contribution in [2.75, 3.05) is 19.6 Å². The van der Waals surface area contributed by atoms with E-state index in [0.29, 0.717) is 54.9 Å². The van der Waals surface area contributed by atoms with Gasteiger partial charge in [0.1, 0.15) is 5.69 Å². The number of thiazole rings is 1. The number of ketones is 1. The lowest BCUT2D eigenvalue weighted by atomic mass is 9.92. The van der Waals surface area contributed by atoms with Crippen molar-refractivity contribution in [3.05, 3.63) is 111 Å². The van der Waals surface area contributed by atoms with E-state index in [9.17, 15) is 27.6 Å². The summed E-state index contributed by atoms with van der Waals surface area (Å²) in [7, 11) is 0. The van der Waals surface area contributed by atoms with E-state index in [-0.39, 0.29) is 29.1 Å². The van der Waals surface area contributed by atoms with E-state index in [4.69, 9.17) is 0 Å². The van der Waals surface area contributed by atoms with Crippen molar-refractivity contribution in [3.8, 4) is 11.1 Å². The molecule has 2 heterocycles. The van der Waals surface area contributed by atoms with Gasteiger partial charge in [-0.05, 0) is 61.9 Å². The van der Waals surface area contributed by atoms with Gasteiger partial charge in [-0.1, -0.05) is 66.7 Å². The minimum absolute atomic E-state index is 0.0900. The number of carbonyl (C=O) groups excluding carboxylic acids is 3. The highest BCUT2D eigenvalue weighted by molar-refractivity contribution is 7.09. The lowest BCUT2D eigenvalue weighted by Crippen LogP contribution is -2.43. The highest BCUT2D eigenvalue weighted by Crippen LogP contribution is 2.34. The molecule has 46 heavy (non-hydrogen) atoms. The van der Waals surface area contributed by atoms with Gasteiger partial charge in [-0.15, -0.1) is 11.3 Å². The molecular weight excluding hydrogens is 611 g/mol. The van der Waals surface area contributed by atoms with Gasteiger partial charge in [-0.3, -0.25) is 14.4 Å². The Morgan fingerprint density at radius 2 is 1.65 bits per heavy atom. The highest BCUT2D eigenvalue weighted by atomic mass is 32.1. The molecule has 0 N–H and O–H groups in total. The molecule has 2 amide bonds. The van der Waals surface area contributed by atoms with Gasteiger partial charge in [0.2, 0.25) is 0 Å². The summed E-state index contributed by atoms with van der Waals surface area (Å²) in [6.07, 6.45) is -3.92. The fourth-order valence-corrected chi connectivity index (χ4v) is 7.01. The molecule has 10 heteroatoms. The summed E-state index contributed by atoms with van der Waals surface area (Å²) >= 11 is 1.42. The first kappa shape index (κ1) is 33.1. The van der Waals surface area contributed by atoms with E-state index >= 15 is 0 Å². The van der Waals surface area contributed by atoms with Crippen LogP contribution in [-0.4, -0.2) is 64.2 Å². The van der Waals surface area contributed by atoms with Gasteiger partial charge in [0.15, 0.2) is 5.78 Å². The van der Waals surface area contributed by atoms with Crippen LogP contribution in [0.25, 0.3) is 11.1 Å². The van der Waals surface area contributed by atoms with Crippen LogP contribution in [0.1, 0.15) is 79.9 Å². The summed E-state index contributed by atoms with van der Waals surface area (Å²) in [5, 5.41) is 2.58. The van der Waals surface area contributed by atoms with Crippen molar-refractivity contribution in [1.29, 1.82) is 0 Å². The maximum absolute atomic E-state index is 13.8. The van der Waals surface area contributed by atoms with E-state index in [2.05, 4.69) is 4.98 Å². The number of nitrogens with zero attached hydrogens (tertiary/aromatic N) is 3. The Morgan fingerprint density at radius 1 is 0.978 bits per heavy atom. The van der Waals surface area contributed by atoms with Crippen molar-refractivity contribution in [1.82, 2.24) is 14.8 Å². The number of likely N-dealkylation sites (tertiary alicyclic amines) is 1. The van der Waals surface area contributed by atoms with Crippen LogP contribution in [0.15, 0.2) is 78.2 Å². The Kier molecular flexibility index (Phi) is 10.1. The summed E-state index contributed by atoms with van der Waals surface area (Å²) < 4.78 is 38.6. The van der Waals surface area contributed by atoms with E-state index in [1.54, 1.807) is 59.7 Å². The van der Waals surface area contributed by atoms with Gasteiger partial charge in [-0.25, -0.2) is 4.98 Å². The van der Waals surface area contributed by atoms with Crippen LogP contribution < -0.4 is 0 Å². The average Bonchev–Trinajstić information content (AvgIpc) is 3.55. The van der Waals surface area contributed by atoms with Gasteiger partial charge in [0.25, 0.3) is 11.8 Å². The van der Waals surface area contributed by atoms with Crippen LogP contribution in [0.5, 0.6) is 0 Å². The summed E-state index contributed by atoms with van der Waals surface area (Å²) in [5.74, 6) is -0.444. The number of aromatic nitrogens is 1. The predicted molar refractivity (Wildman–Crippen MR) is 173 cm³/mol. The molecule has 3 aromatic carbocycles. The quantitative estimate of drug-likeness (QED) is 0.173. The number of aryl methyl sites for hydroxylation is 1. The first-order valence-corrected chi connectivity index (χ1v) is 16.3. The van der Waals surface area contributed by atoms with Gasteiger partial charge >= 0.3 is 6.18 Å². The summed E-state index contributed by atoms with van der Waals surface area (Å²) in [6, 6.07) is 20.0. The van der Waals surface area contributed by atoms with Crippen molar-refractivity contribution in [2.45, 2.75) is 58.2 Å². The van der Waals surface area contributed by atoms with E-state index in [1.807, 2.05) is 36.9 Å². The second-order valence-electron chi connectivity index (χ2n) is 11.6. The standard InChI is InChI=1S/C36H36F3N3O3S/c1-4-42(24(3)32(43)27-10-6-5-7-11-27)35(45)30-22-46-33(40-30)28-17-19-41(20-18-28)34(44)29-12-8-9-23(2)31(29)26-15-13-25(14-16-26)21-36(37,38)39/h5-16,22,24,28H,4,17-21H2,1-3H3. The summed E-state index contributed by atoms with van der Waals surface area (Å²) in [4.78, 5) is 48.2. The molecule has 1 atom stereocenters. The molecule has 240 valence electrons. The van der Waals surface area contributed by atoms with Gasteiger partial charge in [0, 0.05) is 42.1 Å². The van der Waals surface area contributed by atoms with Crippen molar-refractivity contribution in [3.63, 3.8) is 0 Å². The van der Waals surface area contributed by atoms with Crippen LogP contribution in [-0.2, 0) is 6.42 Å². The number of likely N-dealkylation sites (N-methyl/N-ethyl adjacent to an activating group) is 1. The summed E-state index contributed by atoms with van der Waals surface area (Å²) in [5.41, 5.74) is 3.84. The number of amides is 2. The third kappa shape index (κ3) is 7.39. The van der Waals surface area contributed by atoms with Crippen LogP contribution in [0, 0.1) is 6.92 Å². The molecule has 0 radical (unpaired) electrons. The molecule has 0 saturated carbocycles. The number of halogens is 3. The lowest BCUT2D eigenvalue weighted by molar-refractivity contribution is -0.127. The van der Waals surface area contributed by atoms with E-state index in [1.165, 1.54) is 23.5 Å². The highest BCUT2D eigenvalue weighted by Gasteiger charge is 2.31. The molecule has 1 unspecified atom stereocenters. The minimum Gasteiger partial charge on any atom is -0.339 e. The third-order valence-corrected chi connectivity index (χ3v) is 9.54. The molecule has 1 fully saturated rings. The Bertz CT molecular complexity index is 1690. The average molecular weight is 648 g/mol. The zero-order valence-electron chi connectivity index (χ0n) is 26.0. The van der Waals surface area contributed by atoms with Crippen LogP contribution >= 0.6 is 11.3 Å². The zero-order chi connectivity index (χ0) is 33.0. The topological polar surface area (TPSA) is 70.6 Å². The van der Waals surface area contributed by atoms with Crippen LogP contribution in [0.4, 0.5) is 13.2 Å². The third-order valence-electron chi connectivity index (χ3n) is 8.53. The molecule has 4 aromatic rings. The Morgan fingerprint density at radius 3 is 2.28 bits per heavy atom. The van der Waals surface area contributed by atoms with Gasteiger partial charge < -0.3 is 9.80 Å². The molecule has 1 aliphatic heterocycles. The number of rotatable bonds is 9. The van der Waals surface area contributed by atoms with Gasteiger partial charge in [0.05, 0.1) is 17.5 Å². The predicted octanol–water partition coefficient (Wildman–Crippen LogP) is 7.98. The SMILES string of the molecule is CCN(C(=O)c1csc(C2CCN(C(=O)c3cccc(C)c3-c3ccc(CC(F)(F)F)cc3)CC2)n1)C(C)C(=O)c1ccccc1. The fraction of sp³-hybridized carbons (Fsp3) is 0.333. The molecular formula is C36H36F3N3O3S. The number of hydrogen-bond acceptors (Lipinski definition) is 5. The second kappa shape index (κ2) is 14.0. The van der Waals surface area contributed by atoms with Crippen LogP contribution in [0.2, 0.25) is 0 Å². The van der Waals surface area contributed by atoms with E-state index in [0.717, 1.165) is 16.1 Å². The number of carbonyl (C=O) groups is 3. The molecule has 1 saturated heterocycles. The second-order valence-corrected chi connectivity index (χ2v) is 12.5. The maximum atomic E-state index is 13.8. The van der Waals surface area contributed by atoms with Crippen LogP contribution in [0.3, 0.4) is 0 Å². The first-order valence-electron chi connectivity index (χ1n) is 15.4. The van der Waals surface area contributed by atoms with Gasteiger partial charge in [-0.2, -0.15) is 13.2 Å². The zero-order valence-corrected chi connectivity index (χ0v) is 26.8. The lowest BCUT2D eigenvalue weighted by Gasteiger charge is -2.32. The van der Waals surface area contributed by atoms with Crippen molar-refractivity contribution >= 4 is 28.9 Å². The number of piperidine rings is 1. The molecule has 5 rings (SSSR count). The Balaban J connectivity index is 1.24. The number of alkyl halides is 3. The normalized spacial score (nSPS) is 14.6. The van der Waals surface area contributed by atoms with Crippen molar-refractivity contribution < 1.29 is 27.6 Å².